The van der Waals surface area contributed by atoms with Crippen molar-refractivity contribution >= 4 is 17.5 Å². The molecule has 4 rings (SSSR count). The molecule has 2 aromatic rings. The molecular weight excluding hydrogens is 482 g/mol. The lowest BCUT2D eigenvalue weighted by Crippen LogP contribution is -2.49. The SMILES string of the molecule is CC.CC.CC1COC1.COc1cc(C)ccc1C(N)=O.Cc1ccc(N2CCN(C(=O)CO)CC2)cc1. The van der Waals surface area contributed by atoms with Gasteiger partial charge in [-0.2, -0.15) is 0 Å². The quantitative estimate of drug-likeness (QED) is 0.604. The average Bonchev–Trinajstić information content (AvgIpc) is 2.94. The number of carbonyl (C=O) groups excluding carboxylic acids is 2. The molecule has 0 atom stereocenters. The molecule has 0 radical (unpaired) electrons. The minimum Gasteiger partial charge on any atom is -0.496 e. The number of rotatable bonds is 4. The van der Waals surface area contributed by atoms with Crippen LogP contribution < -0.4 is 15.4 Å². The summed E-state index contributed by atoms with van der Waals surface area (Å²) in [5, 5.41) is 8.80. The fourth-order valence-corrected chi connectivity index (χ4v) is 3.43. The first-order chi connectivity index (χ1) is 18.2. The highest BCUT2D eigenvalue weighted by molar-refractivity contribution is 5.95. The van der Waals surface area contributed by atoms with Gasteiger partial charge in [-0.3, -0.25) is 9.59 Å². The van der Waals surface area contributed by atoms with Gasteiger partial charge in [0.25, 0.3) is 5.91 Å². The lowest BCUT2D eigenvalue weighted by molar-refractivity contribution is -0.134. The van der Waals surface area contributed by atoms with Crippen LogP contribution in [0.15, 0.2) is 42.5 Å². The zero-order valence-corrected chi connectivity index (χ0v) is 24.6. The van der Waals surface area contributed by atoms with E-state index in [1.807, 2.05) is 40.7 Å². The van der Waals surface area contributed by atoms with Gasteiger partial charge in [0.1, 0.15) is 12.4 Å². The van der Waals surface area contributed by atoms with E-state index in [4.69, 9.17) is 20.3 Å². The number of primary amides is 1. The maximum Gasteiger partial charge on any atom is 0.252 e. The minimum atomic E-state index is -0.466. The molecule has 8 heteroatoms. The van der Waals surface area contributed by atoms with Crippen LogP contribution in [0.4, 0.5) is 5.69 Å². The number of aliphatic hydroxyl groups excluding tert-OH is 1. The number of hydrogen-bond acceptors (Lipinski definition) is 6. The summed E-state index contributed by atoms with van der Waals surface area (Å²) in [4.78, 5) is 26.1. The smallest absolute Gasteiger partial charge is 0.252 e. The van der Waals surface area contributed by atoms with Gasteiger partial charge < -0.3 is 30.1 Å². The van der Waals surface area contributed by atoms with E-state index in [0.717, 1.165) is 37.8 Å². The second-order valence-corrected chi connectivity index (χ2v) is 8.57. The third-order valence-electron chi connectivity index (χ3n) is 5.59. The zero-order valence-electron chi connectivity index (χ0n) is 24.6. The standard InChI is InChI=1S/C13H18N2O2.C9H11NO2.C4H8O.2C2H6/c1-11-2-4-12(5-3-11)14-6-8-15(9-7-14)13(17)10-16;1-6-3-4-7(9(10)11)8(5-6)12-2;1-4-2-5-3-4;2*1-2/h2-5,16H,6-10H2,1H3;3-5H,1-2H3,(H2,10,11);4H,2-3H2,1H3;2*1-2H3. The molecular formula is C30H49N3O5. The highest BCUT2D eigenvalue weighted by Gasteiger charge is 2.20. The number of aryl methyl sites for hydroxylation is 2. The van der Waals surface area contributed by atoms with E-state index in [-0.39, 0.29) is 12.5 Å². The number of nitrogens with zero attached hydrogens (tertiary/aromatic N) is 2. The van der Waals surface area contributed by atoms with Crippen LogP contribution in [0.3, 0.4) is 0 Å². The van der Waals surface area contributed by atoms with E-state index >= 15 is 0 Å². The third kappa shape index (κ3) is 12.4. The van der Waals surface area contributed by atoms with Gasteiger partial charge in [0.05, 0.1) is 25.9 Å². The monoisotopic (exact) mass is 531 g/mol. The van der Waals surface area contributed by atoms with Crippen molar-refractivity contribution < 1.29 is 24.2 Å². The van der Waals surface area contributed by atoms with Crippen LogP contribution in [0.5, 0.6) is 5.75 Å². The summed E-state index contributed by atoms with van der Waals surface area (Å²) in [6.07, 6.45) is 0. The molecule has 2 amide bonds. The predicted octanol–water partition coefficient (Wildman–Crippen LogP) is 4.44. The normalized spacial score (nSPS) is 13.9. The molecule has 3 N–H and O–H groups in total. The lowest BCUT2D eigenvalue weighted by atomic mass is 10.1. The first kappa shape index (κ1) is 34.9. The van der Waals surface area contributed by atoms with E-state index in [0.29, 0.717) is 24.4 Å². The van der Waals surface area contributed by atoms with Crippen molar-refractivity contribution in [1.29, 1.82) is 0 Å². The number of methoxy groups -OCH3 is 1. The molecule has 38 heavy (non-hydrogen) atoms. The Balaban J connectivity index is 0.000000565. The Hall–Kier alpha value is -3.10. The van der Waals surface area contributed by atoms with Gasteiger partial charge in [-0.1, -0.05) is 58.4 Å². The molecule has 0 aliphatic carbocycles. The second-order valence-electron chi connectivity index (χ2n) is 8.57. The Kier molecular flexibility index (Phi) is 18.3. The number of aliphatic hydroxyl groups is 1. The molecule has 0 bridgehead atoms. The Labute approximate surface area is 229 Å². The molecule has 214 valence electrons. The molecule has 0 aromatic heterocycles. The molecule has 8 nitrogen and oxygen atoms in total. The minimum absolute atomic E-state index is 0.173. The Morgan fingerprint density at radius 1 is 0.947 bits per heavy atom. The van der Waals surface area contributed by atoms with Gasteiger partial charge in [-0.25, -0.2) is 0 Å². The summed E-state index contributed by atoms with van der Waals surface area (Å²) in [7, 11) is 1.52. The number of nitrogens with two attached hydrogens (primary N) is 1. The summed E-state index contributed by atoms with van der Waals surface area (Å²) in [6.45, 7) is 18.8. The Morgan fingerprint density at radius 3 is 1.84 bits per heavy atom. The van der Waals surface area contributed by atoms with Crippen LogP contribution in [-0.2, 0) is 9.53 Å². The number of piperazine rings is 1. The first-order valence-electron chi connectivity index (χ1n) is 13.5. The van der Waals surface area contributed by atoms with Gasteiger partial charge in [-0.05, 0) is 43.7 Å². The van der Waals surface area contributed by atoms with Crippen LogP contribution in [0.25, 0.3) is 0 Å². The number of hydrogen-bond donors (Lipinski definition) is 2. The van der Waals surface area contributed by atoms with E-state index in [1.54, 1.807) is 17.0 Å². The summed E-state index contributed by atoms with van der Waals surface area (Å²) < 4.78 is 9.82. The van der Waals surface area contributed by atoms with Crippen LogP contribution in [0, 0.1) is 19.8 Å². The number of benzene rings is 2. The van der Waals surface area contributed by atoms with Crippen molar-refractivity contribution in [2.75, 3.05) is 58.0 Å². The van der Waals surface area contributed by atoms with Crippen LogP contribution in [0.2, 0.25) is 0 Å². The first-order valence-corrected chi connectivity index (χ1v) is 13.5. The molecule has 2 aliphatic rings. The number of amides is 2. The van der Waals surface area contributed by atoms with Crippen molar-refractivity contribution in [3.05, 3.63) is 59.2 Å². The molecule has 2 fully saturated rings. The van der Waals surface area contributed by atoms with Gasteiger partial charge in [0, 0.05) is 37.8 Å². The topological polar surface area (TPSA) is 105 Å². The van der Waals surface area contributed by atoms with Crippen LogP contribution >= 0.6 is 0 Å². The second kappa shape index (κ2) is 19.9. The summed E-state index contributed by atoms with van der Waals surface area (Å²) >= 11 is 0. The third-order valence-corrected chi connectivity index (χ3v) is 5.59. The van der Waals surface area contributed by atoms with Gasteiger partial charge in [0.2, 0.25) is 5.91 Å². The molecule has 0 saturated carbocycles. The van der Waals surface area contributed by atoms with Crippen molar-refractivity contribution in [1.82, 2.24) is 4.90 Å². The molecule has 2 saturated heterocycles. The van der Waals surface area contributed by atoms with E-state index in [2.05, 4.69) is 43.0 Å². The van der Waals surface area contributed by atoms with Crippen molar-refractivity contribution in [2.24, 2.45) is 11.7 Å². The van der Waals surface area contributed by atoms with Gasteiger partial charge in [0.15, 0.2) is 0 Å². The van der Waals surface area contributed by atoms with E-state index < -0.39 is 5.91 Å². The Morgan fingerprint density at radius 2 is 1.45 bits per heavy atom. The largest absolute Gasteiger partial charge is 0.496 e. The van der Waals surface area contributed by atoms with Crippen molar-refractivity contribution in [2.45, 2.75) is 48.5 Å². The van der Waals surface area contributed by atoms with Crippen LogP contribution in [0.1, 0.15) is 56.1 Å². The lowest BCUT2D eigenvalue weighted by Gasteiger charge is -2.35. The summed E-state index contributed by atoms with van der Waals surface area (Å²) in [5.74, 6) is 0.734. The number of ether oxygens (including phenoxy) is 2. The molecule has 2 aliphatic heterocycles. The van der Waals surface area contributed by atoms with Crippen LogP contribution in [-0.4, -0.2) is 74.9 Å². The summed E-state index contributed by atoms with van der Waals surface area (Å²) in [5.41, 5.74) is 9.03. The van der Waals surface area contributed by atoms with Crippen molar-refractivity contribution in [3.8, 4) is 5.75 Å². The Bertz CT molecular complexity index is 922. The summed E-state index contributed by atoms with van der Waals surface area (Å²) in [6, 6.07) is 13.7. The molecule has 2 heterocycles. The zero-order chi connectivity index (χ0) is 29.1. The maximum absolute atomic E-state index is 11.3. The average molecular weight is 532 g/mol. The highest BCUT2D eigenvalue weighted by atomic mass is 16.5. The predicted molar refractivity (Wildman–Crippen MR) is 156 cm³/mol. The highest BCUT2D eigenvalue weighted by Crippen LogP contribution is 2.19. The fraction of sp³-hybridized carbons (Fsp3) is 0.533. The number of anilines is 1. The number of carbonyl (C=O) groups is 2. The molecule has 0 unspecified atom stereocenters. The van der Waals surface area contributed by atoms with Gasteiger partial charge >= 0.3 is 0 Å². The van der Waals surface area contributed by atoms with Gasteiger partial charge in [-0.15, -0.1) is 0 Å². The maximum atomic E-state index is 11.3. The fourth-order valence-electron chi connectivity index (χ4n) is 3.43. The molecule has 0 spiro atoms. The van der Waals surface area contributed by atoms with E-state index in [9.17, 15) is 9.59 Å². The van der Waals surface area contributed by atoms with E-state index in [1.165, 1.54) is 18.4 Å². The van der Waals surface area contributed by atoms with Crippen molar-refractivity contribution in [3.63, 3.8) is 0 Å². The molecule has 2 aromatic carbocycles.